The summed E-state index contributed by atoms with van der Waals surface area (Å²) in [5.74, 6) is -3.59. The van der Waals surface area contributed by atoms with Crippen molar-refractivity contribution in [1.82, 2.24) is 0 Å². The second-order valence-corrected chi connectivity index (χ2v) is 7.22. The molecule has 11 nitrogen and oxygen atoms in total. The Hall–Kier alpha value is -5.06. The number of nitro benzene ring substituents is 2. The number of nitro groups is 2. The van der Waals surface area contributed by atoms with Crippen LogP contribution in [0.2, 0.25) is 0 Å². The van der Waals surface area contributed by atoms with Crippen LogP contribution in [0, 0.1) is 20.2 Å². The minimum absolute atomic E-state index is 0.0697. The van der Waals surface area contributed by atoms with Crippen LogP contribution >= 0.6 is 0 Å². The normalized spacial score (nSPS) is 14.1. The van der Waals surface area contributed by atoms with Crippen LogP contribution in [0.25, 0.3) is 0 Å². The standard InChI is InChI=1S/C22H9N3O8/c26-19-12-6-3-7-14(24(30)31)16(12)20(27)18-15(25(32)33)9-8-13(17(18)19)23-21(28)10-4-1-2-5-11(10)22(23)29/h1-9H. The first-order chi connectivity index (χ1) is 15.7. The summed E-state index contributed by atoms with van der Waals surface area (Å²) in [4.78, 5) is 74.7. The molecular weight excluding hydrogens is 434 g/mol. The topological polar surface area (TPSA) is 158 Å². The first kappa shape index (κ1) is 19.9. The van der Waals surface area contributed by atoms with Crippen molar-refractivity contribution >= 4 is 40.4 Å². The van der Waals surface area contributed by atoms with Gasteiger partial charge in [-0.05, 0) is 24.3 Å². The number of ketones is 2. The number of benzene rings is 3. The highest BCUT2D eigenvalue weighted by Gasteiger charge is 2.45. The number of hydrogen-bond donors (Lipinski definition) is 0. The van der Waals surface area contributed by atoms with Crippen molar-refractivity contribution in [2.24, 2.45) is 0 Å². The zero-order chi connectivity index (χ0) is 23.6. The van der Waals surface area contributed by atoms with Crippen LogP contribution in [0.5, 0.6) is 0 Å². The van der Waals surface area contributed by atoms with E-state index in [0.717, 1.165) is 18.2 Å². The van der Waals surface area contributed by atoms with Gasteiger partial charge in [-0.25, -0.2) is 4.90 Å². The van der Waals surface area contributed by atoms with E-state index in [0.29, 0.717) is 4.90 Å². The first-order valence-electron chi connectivity index (χ1n) is 9.40. The van der Waals surface area contributed by atoms with Gasteiger partial charge in [-0.15, -0.1) is 0 Å². The number of hydrogen-bond acceptors (Lipinski definition) is 8. The van der Waals surface area contributed by atoms with E-state index in [4.69, 9.17) is 0 Å². The number of amides is 2. The van der Waals surface area contributed by atoms with E-state index in [1.807, 2.05) is 0 Å². The zero-order valence-electron chi connectivity index (χ0n) is 16.3. The lowest BCUT2D eigenvalue weighted by atomic mass is 9.81. The minimum Gasteiger partial charge on any atom is -0.288 e. The molecule has 0 N–H and O–H groups in total. The molecule has 1 aliphatic heterocycles. The van der Waals surface area contributed by atoms with Crippen LogP contribution in [0.15, 0.2) is 54.6 Å². The fraction of sp³-hybridized carbons (Fsp3) is 0. The second kappa shape index (κ2) is 6.72. The number of rotatable bonds is 3. The molecule has 2 aliphatic rings. The maximum atomic E-state index is 13.4. The number of nitrogens with zero attached hydrogens (tertiary/aromatic N) is 3. The molecule has 0 atom stereocenters. The molecule has 1 heterocycles. The van der Waals surface area contributed by atoms with Crippen LogP contribution in [0.4, 0.5) is 17.1 Å². The summed E-state index contributed by atoms with van der Waals surface area (Å²) in [6.07, 6.45) is 0. The van der Waals surface area contributed by atoms with Crippen LogP contribution in [-0.2, 0) is 0 Å². The van der Waals surface area contributed by atoms with Crippen LogP contribution in [-0.4, -0.2) is 33.2 Å². The third kappa shape index (κ3) is 2.56. The third-order valence-electron chi connectivity index (χ3n) is 5.56. The summed E-state index contributed by atoms with van der Waals surface area (Å²) in [6.45, 7) is 0. The molecule has 0 unspecified atom stereocenters. The average Bonchev–Trinajstić information content (AvgIpc) is 3.06. The maximum Gasteiger partial charge on any atom is 0.281 e. The Bertz CT molecular complexity index is 1470. The van der Waals surface area contributed by atoms with Gasteiger partial charge in [-0.2, -0.15) is 0 Å². The number of imide groups is 1. The predicted octanol–water partition coefficient (Wildman–Crippen LogP) is 3.08. The zero-order valence-corrected chi connectivity index (χ0v) is 16.3. The molecule has 2 amide bonds. The molecule has 0 spiro atoms. The van der Waals surface area contributed by atoms with E-state index in [1.54, 1.807) is 12.1 Å². The van der Waals surface area contributed by atoms with Gasteiger partial charge in [0, 0.05) is 17.7 Å². The van der Waals surface area contributed by atoms with Gasteiger partial charge in [-0.1, -0.05) is 18.2 Å². The molecule has 3 aromatic rings. The van der Waals surface area contributed by atoms with E-state index >= 15 is 0 Å². The largest absolute Gasteiger partial charge is 0.288 e. The number of carbonyl (C=O) groups is 4. The van der Waals surface area contributed by atoms with Crippen molar-refractivity contribution in [2.75, 3.05) is 4.90 Å². The highest BCUT2D eigenvalue weighted by Crippen LogP contribution is 2.42. The summed E-state index contributed by atoms with van der Waals surface area (Å²) in [5, 5.41) is 23.1. The molecule has 33 heavy (non-hydrogen) atoms. The van der Waals surface area contributed by atoms with Gasteiger partial charge in [0.1, 0.15) is 11.1 Å². The quantitative estimate of drug-likeness (QED) is 0.265. The van der Waals surface area contributed by atoms with Crippen molar-refractivity contribution in [2.45, 2.75) is 0 Å². The van der Waals surface area contributed by atoms with E-state index in [-0.39, 0.29) is 22.4 Å². The van der Waals surface area contributed by atoms with Gasteiger partial charge < -0.3 is 0 Å². The van der Waals surface area contributed by atoms with Crippen LogP contribution < -0.4 is 4.90 Å². The highest BCUT2D eigenvalue weighted by atomic mass is 16.6. The Labute approximate surface area is 183 Å². The van der Waals surface area contributed by atoms with Gasteiger partial charge in [0.25, 0.3) is 23.2 Å². The molecule has 11 heteroatoms. The summed E-state index contributed by atoms with van der Waals surface area (Å²) in [7, 11) is 0. The molecule has 0 radical (unpaired) electrons. The summed E-state index contributed by atoms with van der Waals surface area (Å²) in [6, 6.07) is 11.2. The highest BCUT2D eigenvalue weighted by molar-refractivity contribution is 6.38. The Morgan fingerprint density at radius 1 is 0.576 bits per heavy atom. The molecule has 0 aromatic heterocycles. The number of fused-ring (bicyclic) bond motifs is 3. The number of anilines is 1. The van der Waals surface area contributed by atoms with Gasteiger partial charge in [-0.3, -0.25) is 39.4 Å². The molecule has 160 valence electrons. The van der Waals surface area contributed by atoms with Crippen molar-refractivity contribution in [3.05, 3.63) is 108 Å². The summed E-state index contributed by atoms with van der Waals surface area (Å²) >= 11 is 0. The Balaban J connectivity index is 1.82. The third-order valence-corrected chi connectivity index (χ3v) is 5.56. The van der Waals surface area contributed by atoms with Crippen molar-refractivity contribution in [1.29, 1.82) is 0 Å². The van der Waals surface area contributed by atoms with E-state index in [9.17, 15) is 39.4 Å². The Morgan fingerprint density at radius 2 is 1.12 bits per heavy atom. The Morgan fingerprint density at radius 3 is 1.70 bits per heavy atom. The average molecular weight is 443 g/mol. The molecule has 0 saturated heterocycles. The summed E-state index contributed by atoms with van der Waals surface area (Å²) in [5.41, 5.74) is -3.79. The van der Waals surface area contributed by atoms with Crippen molar-refractivity contribution in [3.63, 3.8) is 0 Å². The van der Waals surface area contributed by atoms with Crippen molar-refractivity contribution in [3.8, 4) is 0 Å². The predicted molar refractivity (Wildman–Crippen MR) is 111 cm³/mol. The molecule has 1 aliphatic carbocycles. The molecule has 0 saturated carbocycles. The van der Waals surface area contributed by atoms with Crippen LogP contribution in [0.3, 0.4) is 0 Å². The fourth-order valence-corrected chi connectivity index (χ4v) is 4.17. The molecule has 5 rings (SSSR count). The molecular formula is C22H9N3O8. The van der Waals surface area contributed by atoms with Crippen LogP contribution in [0.1, 0.15) is 52.6 Å². The van der Waals surface area contributed by atoms with Gasteiger partial charge in [0.05, 0.1) is 32.2 Å². The lowest BCUT2D eigenvalue weighted by Crippen LogP contribution is -2.33. The monoisotopic (exact) mass is 443 g/mol. The van der Waals surface area contributed by atoms with E-state index < -0.39 is 61.3 Å². The van der Waals surface area contributed by atoms with Gasteiger partial charge in [0.2, 0.25) is 5.78 Å². The second-order valence-electron chi connectivity index (χ2n) is 7.22. The van der Waals surface area contributed by atoms with E-state index in [2.05, 4.69) is 0 Å². The fourth-order valence-electron chi connectivity index (χ4n) is 4.17. The van der Waals surface area contributed by atoms with Gasteiger partial charge >= 0.3 is 0 Å². The Kier molecular flexibility index (Phi) is 4.05. The lowest BCUT2D eigenvalue weighted by molar-refractivity contribution is -0.385. The van der Waals surface area contributed by atoms with Gasteiger partial charge in [0.15, 0.2) is 5.78 Å². The minimum atomic E-state index is -1.11. The molecule has 3 aromatic carbocycles. The summed E-state index contributed by atoms with van der Waals surface area (Å²) < 4.78 is 0. The smallest absolute Gasteiger partial charge is 0.281 e. The first-order valence-corrected chi connectivity index (χ1v) is 9.40. The van der Waals surface area contributed by atoms with E-state index in [1.165, 1.54) is 24.3 Å². The molecule has 0 fully saturated rings. The van der Waals surface area contributed by atoms with Crippen molar-refractivity contribution < 1.29 is 29.0 Å². The maximum absolute atomic E-state index is 13.4. The SMILES string of the molecule is O=C1c2cccc([N+](=O)[O-])c2C(=O)c2c([N+](=O)[O-])ccc(N3C(=O)c4ccccc4C3=O)c21. The lowest BCUT2D eigenvalue weighted by Gasteiger charge is -2.23. The number of carbonyl (C=O) groups excluding carboxylic acids is 4. The molecule has 0 bridgehead atoms.